The van der Waals surface area contributed by atoms with E-state index in [1.54, 1.807) is 0 Å². The van der Waals surface area contributed by atoms with E-state index in [0.29, 0.717) is 12.1 Å². The molecule has 0 spiro atoms. The number of nitrogens with zero attached hydrogens (tertiary/aromatic N) is 4. The van der Waals surface area contributed by atoms with E-state index in [0.717, 1.165) is 49.9 Å². The second-order valence-corrected chi connectivity index (χ2v) is 10.4. The number of anilines is 2. The van der Waals surface area contributed by atoms with E-state index in [9.17, 15) is 4.79 Å². The van der Waals surface area contributed by atoms with Crippen molar-refractivity contribution >= 4 is 29.5 Å². The van der Waals surface area contributed by atoms with Gasteiger partial charge in [0.15, 0.2) is 0 Å². The second-order valence-electron chi connectivity index (χ2n) is 9.66. The van der Waals surface area contributed by atoms with E-state index in [1.165, 1.54) is 53.7 Å². The number of rotatable bonds is 6. The number of benzene rings is 1. The maximum absolute atomic E-state index is 13.0. The van der Waals surface area contributed by atoms with Crippen molar-refractivity contribution < 1.29 is 4.79 Å². The van der Waals surface area contributed by atoms with Gasteiger partial charge in [-0.05, 0) is 94.1 Å². The number of aromatic nitrogens is 2. The number of urea groups is 1. The summed E-state index contributed by atoms with van der Waals surface area (Å²) < 4.78 is 7.13. The Labute approximate surface area is 195 Å². The first-order valence-corrected chi connectivity index (χ1v) is 12.6. The molecular formula is C24H34N6OS. The largest absolute Gasteiger partial charge is 0.330 e. The SMILES string of the molecule is CN(C)C1CCC(N(SNC(=O)Nc2c3c(cc4c2CCC4)CCC3)c2cnn(C)c2)C1. The second kappa shape index (κ2) is 8.98. The molecule has 1 fully saturated rings. The Bertz CT molecular complexity index is 970. The standard InChI is InChI=1S/C24H34N6OS/c1-28(2)18-10-11-19(13-18)30(20-14-25-29(3)15-20)32-27-24(31)26-23-21-8-4-6-16(21)12-17-7-5-9-22(17)23/h12,14-15,18-19H,4-11,13H2,1-3H3,(H2,26,27,31). The Kier molecular flexibility index (Phi) is 6.07. The average Bonchev–Trinajstić information content (AvgIpc) is 3.55. The van der Waals surface area contributed by atoms with Crippen LogP contribution in [0.3, 0.4) is 0 Å². The van der Waals surface area contributed by atoms with Crippen molar-refractivity contribution in [2.75, 3.05) is 23.7 Å². The molecule has 172 valence electrons. The Hall–Kier alpha value is -2.19. The number of carbonyl (C=O) groups is 1. The van der Waals surface area contributed by atoms with Crippen LogP contribution >= 0.6 is 12.1 Å². The minimum absolute atomic E-state index is 0.138. The van der Waals surface area contributed by atoms with Crippen molar-refractivity contribution in [3.8, 4) is 0 Å². The number of aryl methyl sites for hydroxylation is 3. The highest BCUT2D eigenvalue weighted by Gasteiger charge is 2.32. The lowest BCUT2D eigenvalue weighted by molar-refractivity contribution is 0.257. The van der Waals surface area contributed by atoms with Crippen molar-refractivity contribution in [3.05, 3.63) is 40.7 Å². The van der Waals surface area contributed by atoms with Crippen molar-refractivity contribution in [3.63, 3.8) is 0 Å². The molecule has 0 radical (unpaired) electrons. The summed E-state index contributed by atoms with van der Waals surface area (Å²) in [6.45, 7) is 0. The van der Waals surface area contributed by atoms with Crippen LogP contribution in [0.5, 0.6) is 0 Å². The van der Waals surface area contributed by atoms with Crippen LogP contribution in [-0.4, -0.2) is 46.9 Å². The van der Waals surface area contributed by atoms with Gasteiger partial charge in [0.25, 0.3) is 0 Å². The van der Waals surface area contributed by atoms with Crippen LogP contribution in [0.4, 0.5) is 16.2 Å². The van der Waals surface area contributed by atoms with Crippen LogP contribution in [0.15, 0.2) is 18.5 Å². The molecule has 2 aromatic rings. The Morgan fingerprint density at radius 1 is 1.09 bits per heavy atom. The van der Waals surface area contributed by atoms with Crippen LogP contribution in [-0.2, 0) is 32.7 Å². The normalized spacial score (nSPS) is 21.6. The Morgan fingerprint density at radius 3 is 2.38 bits per heavy atom. The van der Waals surface area contributed by atoms with E-state index in [4.69, 9.17) is 0 Å². The zero-order valence-electron chi connectivity index (χ0n) is 19.4. The molecule has 5 rings (SSSR count). The monoisotopic (exact) mass is 454 g/mol. The van der Waals surface area contributed by atoms with Gasteiger partial charge in [0.1, 0.15) is 0 Å². The Balaban J connectivity index is 1.30. The molecule has 2 N–H and O–H groups in total. The topological polar surface area (TPSA) is 65.4 Å². The molecule has 2 amide bonds. The first-order chi connectivity index (χ1) is 15.5. The highest BCUT2D eigenvalue weighted by molar-refractivity contribution is 7.99. The summed E-state index contributed by atoms with van der Waals surface area (Å²) >= 11 is 1.39. The summed E-state index contributed by atoms with van der Waals surface area (Å²) in [5, 5.41) is 7.61. The van der Waals surface area contributed by atoms with Gasteiger partial charge in [-0.15, -0.1) is 0 Å². The van der Waals surface area contributed by atoms with Crippen LogP contribution in [0.1, 0.15) is 54.4 Å². The van der Waals surface area contributed by atoms with Gasteiger partial charge in [-0.2, -0.15) is 5.10 Å². The van der Waals surface area contributed by atoms with Crippen molar-refractivity contribution in [2.45, 2.75) is 69.9 Å². The third-order valence-corrected chi connectivity index (χ3v) is 8.32. The summed E-state index contributed by atoms with van der Waals surface area (Å²) in [5.74, 6) is 0. The molecule has 0 bridgehead atoms. The summed E-state index contributed by atoms with van der Waals surface area (Å²) in [4.78, 5) is 15.4. The zero-order valence-corrected chi connectivity index (χ0v) is 20.2. The number of amides is 2. The maximum Gasteiger partial charge on any atom is 0.330 e. The van der Waals surface area contributed by atoms with E-state index in [2.05, 4.69) is 44.5 Å². The van der Waals surface area contributed by atoms with Crippen LogP contribution in [0.25, 0.3) is 0 Å². The summed E-state index contributed by atoms with van der Waals surface area (Å²) in [7, 11) is 6.23. The molecular weight excluding hydrogens is 420 g/mol. The molecule has 2 atom stereocenters. The van der Waals surface area contributed by atoms with E-state index >= 15 is 0 Å². The fraction of sp³-hybridized carbons (Fsp3) is 0.583. The van der Waals surface area contributed by atoms with Gasteiger partial charge in [0.05, 0.1) is 24.0 Å². The van der Waals surface area contributed by atoms with Crippen molar-refractivity contribution in [1.29, 1.82) is 0 Å². The number of carbonyl (C=O) groups excluding carboxylic acids is 1. The first-order valence-electron chi connectivity index (χ1n) is 11.8. The predicted molar refractivity (Wildman–Crippen MR) is 131 cm³/mol. The number of hydrogen-bond donors (Lipinski definition) is 2. The average molecular weight is 455 g/mol. The molecule has 1 saturated carbocycles. The summed E-state index contributed by atoms with van der Waals surface area (Å²) in [6, 6.07) is 3.19. The summed E-state index contributed by atoms with van der Waals surface area (Å²) in [6.07, 6.45) is 14.0. The number of hydrogen-bond acceptors (Lipinski definition) is 5. The van der Waals surface area contributed by atoms with Crippen molar-refractivity contribution in [1.82, 2.24) is 19.4 Å². The third-order valence-electron chi connectivity index (χ3n) is 7.33. The van der Waals surface area contributed by atoms with Gasteiger partial charge in [-0.1, -0.05) is 6.07 Å². The minimum Gasteiger partial charge on any atom is -0.307 e. The quantitative estimate of drug-likeness (QED) is 0.644. The fourth-order valence-corrected chi connectivity index (χ4v) is 6.45. The molecule has 0 saturated heterocycles. The van der Waals surface area contributed by atoms with Gasteiger partial charge >= 0.3 is 6.03 Å². The lowest BCUT2D eigenvalue weighted by atomic mass is 9.99. The molecule has 1 heterocycles. The number of nitrogens with one attached hydrogen (secondary N) is 2. The fourth-order valence-electron chi connectivity index (χ4n) is 5.67. The lowest BCUT2D eigenvalue weighted by Gasteiger charge is -2.29. The minimum atomic E-state index is -0.138. The van der Waals surface area contributed by atoms with Gasteiger partial charge in [0, 0.05) is 31.0 Å². The Morgan fingerprint density at radius 2 is 1.78 bits per heavy atom. The highest BCUT2D eigenvalue weighted by Crippen LogP contribution is 2.39. The molecule has 1 aromatic heterocycles. The van der Waals surface area contributed by atoms with E-state index in [1.807, 2.05) is 24.1 Å². The van der Waals surface area contributed by atoms with Gasteiger partial charge in [-0.3, -0.25) is 13.7 Å². The number of fused-ring (bicyclic) bond motifs is 2. The first kappa shape index (κ1) is 21.6. The summed E-state index contributed by atoms with van der Waals surface area (Å²) in [5.41, 5.74) is 7.72. The van der Waals surface area contributed by atoms with Gasteiger partial charge < -0.3 is 10.2 Å². The molecule has 7 nitrogen and oxygen atoms in total. The van der Waals surface area contributed by atoms with Gasteiger partial charge in [-0.25, -0.2) is 4.79 Å². The highest BCUT2D eigenvalue weighted by atomic mass is 32.2. The van der Waals surface area contributed by atoms with Crippen LogP contribution in [0.2, 0.25) is 0 Å². The molecule has 32 heavy (non-hydrogen) atoms. The van der Waals surface area contributed by atoms with E-state index in [-0.39, 0.29) is 6.03 Å². The molecule has 3 aliphatic rings. The lowest BCUT2D eigenvalue weighted by Crippen LogP contribution is -2.35. The smallest absolute Gasteiger partial charge is 0.307 e. The molecule has 8 heteroatoms. The van der Waals surface area contributed by atoms with Crippen LogP contribution < -0.4 is 14.3 Å². The van der Waals surface area contributed by atoms with Crippen molar-refractivity contribution in [2.24, 2.45) is 7.05 Å². The zero-order chi connectivity index (χ0) is 22.2. The maximum atomic E-state index is 13.0. The van der Waals surface area contributed by atoms with Crippen LogP contribution in [0, 0.1) is 0 Å². The molecule has 0 aliphatic heterocycles. The third kappa shape index (κ3) is 4.22. The molecule has 1 aromatic carbocycles. The van der Waals surface area contributed by atoms with E-state index < -0.39 is 0 Å². The predicted octanol–water partition coefficient (Wildman–Crippen LogP) is 4.07. The van der Waals surface area contributed by atoms with Gasteiger partial charge in [0.2, 0.25) is 0 Å². The molecule has 2 unspecified atom stereocenters. The molecule has 3 aliphatic carbocycles.